The first kappa shape index (κ1) is 16.0. The Hall–Kier alpha value is -2.51. The first-order valence-corrected chi connectivity index (χ1v) is 9.70. The third-order valence-electron chi connectivity index (χ3n) is 4.41. The molecule has 2 heterocycles. The Morgan fingerprint density at radius 3 is 2.88 bits per heavy atom. The fraction of sp³-hybridized carbons (Fsp3) is 0.222. The largest absolute Gasteiger partial charge is 0.396 e. The lowest BCUT2D eigenvalue weighted by atomic mass is 10.1. The molecule has 0 amide bonds. The van der Waals surface area contributed by atoms with Crippen LogP contribution in [0.4, 0.5) is 11.5 Å². The van der Waals surface area contributed by atoms with E-state index in [0.717, 1.165) is 27.7 Å². The SMILES string of the molecule is O=S1(=O)CCc2c1ccc1ncnc(Nc3cccc(CCO)c3)c21. The molecule has 0 saturated carbocycles. The van der Waals surface area contributed by atoms with Gasteiger partial charge in [0.25, 0.3) is 0 Å². The molecule has 1 aromatic heterocycles. The van der Waals surface area contributed by atoms with Gasteiger partial charge in [-0.2, -0.15) is 0 Å². The molecule has 7 heteroatoms. The maximum Gasteiger partial charge on any atom is 0.179 e. The number of anilines is 2. The quantitative estimate of drug-likeness (QED) is 0.746. The number of rotatable bonds is 4. The standard InChI is InChI=1S/C18H17N3O3S/c22-8-6-12-2-1-3-13(10-12)21-18-17-14-7-9-25(23,24)16(14)5-4-15(17)19-11-20-18/h1-5,10-11,22H,6-9H2,(H,19,20,21). The summed E-state index contributed by atoms with van der Waals surface area (Å²) in [6.07, 6.45) is 2.52. The van der Waals surface area contributed by atoms with E-state index in [1.54, 1.807) is 12.1 Å². The van der Waals surface area contributed by atoms with Crippen LogP contribution in [0.5, 0.6) is 0 Å². The van der Waals surface area contributed by atoms with Gasteiger partial charge in [-0.1, -0.05) is 12.1 Å². The third-order valence-corrected chi connectivity index (χ3v) is 6.21. The predicted molar refractivity (Wildman–Crippen MR) is 95.8 cm³/mol. The van der Waals surface area contributed by atoms with Crippen molar-refractivity contribution in [3.05, 3.63) is 53.9 Å². The van der Waals surface area contributed by atoms with Crippen LogP contribution in [0.3, 0.4) is 0 Å². The van der Waals surface area contributed by atoms with Crippen LogP contribution in [0.25, 0.3) is 10.9 Å². The van der Waals surface area contributed by atoms with Gasteiger partial charge in [0.2, 0.25) is 0 Å². The number of nitrogens with zero attached hydrogens (tertiary/aromatic N) is 2. The van der Waals surface area contributed by atoms with Gasteiger partial charge in [0.05, 0.1) is 16.2 Å². The maximum atomic E-state index is 12.2. The number of hydrogen-bond acceptors (Lipinski definition) is 6. The molecule has 0 saturated heterocycles. The smallest absolute Gasteiger partial charge is 0.179 e. The van der Waals surface area contributed by atoms with Crippen LogP contribution in [0.1, 0.15) is 11.1 Å². The molecule has 2 aromatic carbocycles. The molecule has 128 valence electrons. The van der Waals surface area contributed by atoms with Gasteiger partial charge in [0.1, 0.15) is 12.1 Å². The van der Waals surface area contributed by atoms with Crippen molar-refractivity contribution < 1.29 is 13.5 Å². The van der Waals surface area contributed by atoms with Crippen LogP contribution in [-0.4, -0.2) is 35.9 Å². The van der Waals surface area contributed by atoms with E-state index >= 15 is 0 Å². The maximum absolute atomic E-state index is 12.2. The first-order chi connectivity index (χ1) is 12.1. The van der Waals surface area contributed by atoms with Gasteiger partial charge in [0.15, 0.2) is 9.84 Å². The second kappa shape index (κ2) is 6.09. The van der Waals surface area contributed by atoms with Gasteiger partial charge in [-0.05, 0) is 48.2 Å². The summed E-state index contributed by atoms with van der Waals surface area (Å²) in [4.78, 5) is 8.99. The molecule has 6 nitrogen and oxygen atoms in total. The van der Waals surface area contributed by atoms with Crippen molar-refractivity contribution in [1.29, 1.82) is 0 Å². The molecule has 0 bridgehead atoms. The first-order valence-electron chi connectivity index (χ1n) is 8.05. The van der Waals surface area contributed by atoms with Crippen LogP contribution >= 0.6 is 0 Å². The number of aliphatic hydroxyl groups excluding tert-OH is 1. The molecule has 0 fully saturated rings. The minimum atomic E-state index is -3.21. The number of sulfone groups is 1. The summed E-state index contributed by atoms with van der Waals surface area (Å²) in [5, 5.41) is 13.1. The molecule has 1 aliphatic heterocycles. The van der Waals surface area contributed by atoms with Crippen molar-refractivity contribution in [3.8, 4) is 0 Å². The van der Waals surface area contributed by atoms with Gasteiger partial charge >= 0.3 is 0 Å². The minimum Gasteiger partial charge on any atom is -0.396 e. The Balaban J connectivity index is 1.83. The zero-order valence-electron chi connectivity index (χ0n) is 13.4. The summed E-state index contributed by atoms with van der Waals surface area (Å²) in [5.74, 6) is 0.724. The van der Waals surface area contributed by atoms with E-state index in [1.165, 1.54) is 6.33 Å². The molecule has 2 N–H and O–H groups in total. The van der Waals surface area contributed by atoms with Crippen LogP contribution in [-0.2, 0) is 22.7 Å². The zero-order valence-corrected chi connectivity index (χ0v) is 14.3. The summed E-state index contributed by atoms with van der Waals surface area (Å²) in [5.41, 5.74) is 3.36. The molecule has 0 spiro atoms. The fourth-order valence-corrected chi connectivity index (χ4v) is 4.80. The molecular formula is C18H17N3O3S. The number of aliphatic hydroxyl groups is 1. The van der Waals surface area contributed by atoms with Gasteiger partial charge in [0, 0.05) is 17.7 Å². The second-order valence-electron chi connectivity index (χ2n) is 6.03. The van der Waals surface area contributed by atoms with Crippen molar-refractivity contribution in [2.24, 2.45) is 0 Å². The lowest BCUT2D eigenvalue weighted by Gasteiger charge is -2.12. The second-order valence-corrected chi connectivity index (χ2v) is 8.10. The summed E-state index contributed by atoms with van der Waals surface area (Å²) in [6.45, 7) is 0.0886. The van der Waals surface area contributed by atoms with Crippen molar-refractivity contribution >= 4 is 32.2 Å². The number of benzene rings is 2. The molecule has 0 radical (unpaired) electrons. The van der Waals surface area contributed by atoms with E-state index in [2.05, 4.69) is 15.3 Å². The van der Waals surface area contributed by atoms with Crippen molar-refractivity contribution in [2.45, 2.75) is 17.7 Å². The Bertz CT molecular complexity index is 1060. The van der Waals surface area contributed by atoms with Gasteiger partial charge < -0.3 is 10.4 Å². The number of nitrogens with one attached hydrogen (secondary N) is 1. The average Bonchev–Trinajstić information content (AvgIpc) is 2.91. The van der Waals surface area contributed by atoms with Gasteiger partial charge in [-0.15, -0.1) is 0 Å². The van der Waals surface area contributed by atoms with E-state index < -0.39 is 9.84 Å². The topological polar surface area (TPSA) is 92.2 Å². The molecule has 0 atom stereocenters. The number of aromatic nitrogens is 2. The highest BCUT2D eigenvalue weighted by atomic mass is 32.2. The average molecular weight is 355 g/mol. The van der Waals surface area contributed by atoms with E-state index in [4.69, 9.17) is 5.11 Å². The van der Waals surface area contributed by atoms with E-state index in [1.807, 2.05) is 24.3 Å². The minimum absolute atomic E-state index is 0.0886. The van der Waals surface area contributed by atoms with Crippen LogP contribution in [0, 0.1) is 0 Å². The highest BCUT2D eigenvalue weighted by Crippen LogP contribution is 2.35. The molecule has 4 rings (SSSR count). The van der Waals surface area contributed by atoms with Crippen molar-refractivity contribution in [2.75, 3.05) is 17.7 Å². The Morgan fingerprint density at radius 1 is 1.16 bits per heavy atom. The van der Waals surface area contributed by atoms with E-state index in [0.29, 0.717) is 23.6 Å². The zero-order chi connectivity index (χ0) is 17.4. The monoisotopic (exact) mass is 355 g/mol. The molecule has 1 aliphatic rings. The highest BCUT2D eigenvalue weighted by Gasteiger charge is 2.29. The number of aryl methyl sites for hydroxylation is 1. The summed E-state index contributed by atoms with van der Waals surface area (Å²) >= 11 is 0. The number of fused-ring (bicyclic) bond motifs is 3. The molecule has 0 unspecified atom stereocenters. The fourth-order valence-electron chi connectivity index (χ4n) is 3.25. The predicted octanol–water partition coefficient (Wildman–Crippen LogP) is 2.24. The third kappa shape index (κ3) is 2.85. The summed E-state index contributed by atoms with van der Waals surface area (Å²) < 4.78 is 24.4. The summed E-state index contributed by atoms with van der Waals surface area (Å²) in [7, 11) is -3.21. The normalized spacial score (nSPS) is 15.2. The molecule has 25 heavy (non-hydrogen) atoms. The Kier molecular flexibility index (Phi) is 3.89. The molecular weight excluding hydrogens is 338 g/mol. The lowest BCUT2D eigenvalue weighted by Crippen LogP contribution is -2.00. The number of hydrogen-bond donors (Lipinski definition) is 2. The summed E-state index contributed by atoms with van der Waals surface area (Å²) in [6, 6.07) is 11.1. The Labute approximate surface area is 145 Å². The van der Waals surface area contributed by atoms with Gasteiger partial charge in [-0.3, -0.25) is 0 Å². The van der Waals surface area contributed by atoms with E-state index in [9.17, 15) is 8.42 Å². The van der Waals surface area contributed by atoms with Crippen molar-refractivity contribution in [1.82, 2.24) is 9.97 Å². The van der Waals surface area contributed by atoms with Crippen LogP contribution in [0.15, 0.2) is 47.6 Å². The molecule has 3 aromatic rings. The van der Waals surface area contributed by atoms with E-state index in [-0.39, 0.29) is 12.4 Å². The van der Waals surface area contributed by atoms with Crippen molar-refractivity contribution in [3.63, 3.8) is 0 Å². The lowest BCUT2D eigenvalue weighted by molar-refractivity contribution is 0.299. The molecule has 0 aliphatic carbocycles. The Morgan fingerprint density at radius 2 is 2.04 bits per heavy atom. The van der Waals surface area contributed by atoms with Crippen LogP contribution < -0.4 is 5.32 Å². The van der Waals surface area contributed by atoms with Gasteiger partial charge in [-0.25, -0.2) is 18.4 Å². The van der Waals surface area contributed by atoms with Crippen LogP contribution in [0.2, 0.25) is 0 Å². The highest BCUT2D eigenvalue weighted by molar-refractivity contribution is 7.91.